The van der Waals surface area contributed by atoms with Crippen LogP contribution in [0.5, 0.6) is 0 Å². The molecule has 0 aromatic heterocycles. The van der Waals surface area contributed by atoms with E-state index in [1.807, 2.05) is 20.8 Å². The van der Waals surface area contributed by atoms with E-state index in [0.717, 1.165) is 6.54 Å². The largest absolute Gasteiger partial charge is 0.444 e. The van der Waals surface area contributed by atoms with Gasteiger partial charge in [0.15, 0.2) is 0 Å². The van der Waals surface area contributed by atoms with Gasteiger partial charge in [0.25, 0.3) is 0 Å². The van der Waals surface area contributed by atoms with Crippen LogP contribution in [0.3, 0.4) is 0 Å². The van der Waals surface area contributed by atoms with Gasteiger partial charge in [0.1, 0.15) is 5.60 Å². The first-order valence-corrected chi connectivity index (χ1v) is 7.27. The molecule has 0 aromatic rings. The molecule has 0 fully saturated rings. The average molecular weight is 288 g/mol. The summed E-state index contributed by atoms with van der Waals surface area (Å²) in [6, 6.07) is 0. The molecule has 0 aromatic carbocycles. The van der Waals surface area contributed by atoms with Gasteiger partial charge in [0.2, 0.25) is 0 Å². The van der Waals surface area contributed by atoms with Crippen molar-refractivity contribution in [1.82, 2.24) is 10.2 Å². The summed E-state index contributed by atoms with van der Waals surface area (Å²) < 4.78 is 5.35. The van der Waals surface area contributed by atoms with Crippen LogP contribution in [0.2, 0.25) is 0 Å². The van der Waals surface area contributed by atoms with E-state index in [-0.39, 0.29) is 18.1 Å². The number of ether oxygens (including phenoxy) is 1. The maximum Gasteiger partial charge on any atom is 0.410 e. The Morgan fingerprint density at radius 1 is 1.25 bits per heavy atom. The SMILES string of the molecule is CC(O)CN(CCNCC(C)(C)C)C(=O)OC(C)(C)C. The zero-order valence-corrected chi connectivity index (χ0v) is 14.1. The molecule has 0 spiro atoms. The summed E-state index contributed by atoms with van der Waals surface area (Å²) in [6.07, 6.45) is -0.943. The van der Waals surface area contributed by atoms with Gasteiger partial charge in [0.05, 0.1) is 6.10 Å². The molecule has 0 radical (unpaired) electrons. The second-order valence-electron chi connectivity index (χ2n) is 7.51. The Morgan fingerprint density at radius 2 is 1.80 bits per heavy atom. The van der Waals surface area contributed by atoms with Crippen molar-refractivity contribution < 1.29 is 14.6 Å². The number of amides is 1. The molecule has 0 saturated carbocycles. The van der Waals surface area contributed by atoms with E-state index in [2.05, 4.69) is 26.1 Å². The van der Waals surface area contributed by atoms with Crippen molar-refractivity contribution in [2.24, 2.45) is 5.41 Å². The van der Waals surface area contributed by atoms with Gasteiger partial charge >= 0.3 is 6.09 Å². The normalized spacial score (nSPS) is 14.0. The van der Waals surface area contributed by atoms with Crippen molar-refractivity contribution in [1.29, 1.82) is 0 Å². The van der Waals surface area contributed by atoms with Gasteiger partial charge in [-0.2, -0.15) is 0 Å². The highest BCUT2D eigenvalue weighted by Gasteiger charge is 2.22. The lowest BCUT2D eigenvalue weighted by Crippen LogP contribution is -2.44. The summed E-state index contributed by atoms with van der Waals surface area (Å²) in [4.78, 5) is 13.6. The topological polar surface area (TPSA) is 61.8 Å². The zero-order valence-electron chi connectivity index (χ0n) is 14.1. The third kappa shape index (κ3) is 11.1. The molecule has 1 unspecified atom stereocenters. The summed E-state index contributed by atoms with van der Waals surface area (Å²) >= 11 is 0. The monoisotopic (exact) mass is 288 g/mol. The van der Waals surface area contributed by atoms with Crippen LogP contribution in [-0.4, -0.2) is 54.0 Å². The van der Waals surface area contributed by atoms with Gasteiger partial charge in [-0.3, -0.25) is 0 Å². The standard InChI is InChI=1S/C15H32N2O3/c1-12(18)10-17(13(19)20-15(5,6)7)9-8-16-11-14(2,3)4/h12,16,18H,8-11H2,1-7H3. The smallest absolute Gasteiger partial charge is 0.410 e. The first-order valence-electron chi connectivity index (χ1n) is 7.27. The van der Waals surface area contributed by atoms with E-state index in [1.165, 1.54) is 0 Å². The molecule has 0 aliphatic carbocycles. The third-order valence-corrected chi connectivity index (χ3v) is 2.35. The lowest BCUT2D eigenvalue weighted by atomic mass is 9.97. The molecule has 0 aliphatic rings. The number of nitrogens with one attached hydrogen (secondary N) is 1. The van der Waals surface area contributed by atoms with Crippen LogP contribution in [-0.2, 0) is 4.74 Å². The van der Waals surface area contributed by atoms with Crippen molar-refractivity contribution in [3.63, 3.8) is 0 Å². The number of rotatable bonds is 6. The second-order valence-corrected chi connectivity index (χ2v) is 7.51. The average Bonchev–Trinajstić information content (AvgIpc) is 2.17. The molecular formula is C15H32N2O3. The highest BCUT2D eigenvalue weighted by atomic mass is 16.6. The molecule has 1 atom stereocenters. The van der Waals surface area contributed by atoms with E-state index in [0.29, 0.717) is 13.1 Å². The van der Waals surface area contributed by atoms with Crippen LogP contribution >= 0.6 is 0 Å². The lowest BCUT2D eigenvalue weighted by Gasteiger charge is -2.28. The number of hydrogen-bond acceptors (Lipinski definition) is 4. The molecule has 0 heterocycles. The van der Waals surface area contributed by atoms with Crippen LogP contribution in [0.25, 0.3) is 0 Å². The minimum atomic E-state index is -0.565. The number of hydrogen-bond donors (Lipinski definition) is 2. The van der Waals surface area contributed by atoms with Crippen LogP contribution in [0.15, 0.2) is 0 Å². The highest BCUT2D eigenvalue weighted by Crippen LogP contribution is 2.11. The Bertz CT molecular complexity index is 290. The summed E-state index contributed by atoms with van der Waals surface area (Å²) in [5, 5.41) is 12.8. The third-order valence-electron chi connectivity index (χ3n) is 2.35. The minimum Gasteiger partial charge on any atom is -0.444 e. The Labute approximate surface area is 123 Å². The molecule has 120 valence electrons. The summed E-state index contributed by atoms with van der Waals surface area (Å²) in [7, 11) is 0. The molecule has 20 heavy (non-hydrogen) atoms. The van der Waals surface area contributed by atoms with Crippen LogP contribution in [0, 0.1) is 5.41 Å². The molecular weight excluding hydrogens is 256 g/mol. The molecule has 0 rings (SSSR count). The van der Waals surface area contributed by atoms with Gasteiger partial charge in [-0.1, -0.05) is 20.8 Å². The predicted molar refractivity (Wildman–Crippen MR) is 81.8 cm³/mol. The van der Waals surface area contributed by atoms with Crippen LogP contribution < -0.4 is 5.32 Å². The Balaban J connectivity index is 4.32. The predicted octanol–water partition coefficient (Wildman–Crippen LogP) is 2.24. The van der Waals surface area contributed by atoms with E-state index < -0.39 is 11.7 Å². The number of carbonyl (C=O) groups is 1. The van der Waals surface area contributed by atoms with Crippen molar-refractivity contribution in [3.8, 4) is 0 Å². The second kappa shape index (κ2) is 7.84. The first kappa shape index (κ1) is 19.2. The van der Waals surface area contributed by atoms with E-state index >= 15 is 0 Å². The molecule has 0 aliphatic heterocycles. The quantitative estimate of drug-likeness (QED) is 0.736. The van der Waals surface area contributed by atoms with Gasteiger partial charge in [-0.25, -0.2) is 4.79 Å². The van der Waals surface area contributed by atoms with Crippen molar-refractivity contribution in [3.05, 3.63) is 0 Å². The minimum absolute atomic E-state index is 0.209. The van der Waals surface area contributed by atoms with Crippen molar-refractivity contribution in [2.45, 2.75) is 60.2 Å². The molecule has 1 amide bonds. The number of aliphatic hydroxyl groups excluding tert-OH is 1. The number of carbonyl (C=O) groups excluding carboxylic acids is 1. The lowest BCUT2D eigenvalue weighted by molar-refractivity contribution is 0.0164. The summed E-state index contributed by atoms with van der Waals surface area (Å²) in [6.45, 7) is 16.0. The molecule has 0 bridgehead atoms. The fraction of sp³-hybridized carbons (Fsp3) is 0.933. The molecule has 5 nitrogen and oxygen atoms in total. The highest BCUT2D eigenvalue weighted by molar-refractivity contribution is 5.68. The van der Waals surface area contributed by atoms with Gasteiger partial charge in [-0.05, 0) is 33.1 Å². The van der Waals surface area contributed by atoms with E-state index in [9.17, 15) is 9.90 Å². The van der Waals surface area contributed by atoms with Gasteiger partial charge in [-0.15, -0.1) is 0 Å². The number of nitrogens with zero attached hydrogens (tertiary/aromatic N) is 1. The molecule has 0 saturated heterocycles. The fourth-order valence-corrected chi connectivity index (χ4v) is 1.58. The zero-order chi connectivity index (χ0) is 16.0. The van der Waals surface area contributed by atoms with Gasteiger partial charge < -0.3 is 20.1 Å². The maximum atomic E-state index is 12.1. The van der Waals surface area contributed by atoms with Crippen LogP contribution in [0.1, 0.15) is 48.5 Å². The Morgan fingerprint density at radius 3 is 2.20 bits per heavy atom. The first-order chi connectivity index (χ1) is 8.91. The summed E-state index contributed by atoms with van der Waals surface area (Å²) in [5.41, 5.74) is -0.312. The van der Waals surface area contributed by atoms with Crippen molar-refractivity contribution in [2.75, 3.05) is 26.2 Å². The number of aliphatic hydroxyl groups is 1. The van der Waals surface area contributed by atoms with Crippen LogP contribution in [0.4, 0.5) is 4.79 Å². The summed E-state index contributed by atoms with van der Waals surface area (Å²) in [5.74, 6) is 0. The van der Waals surface area contributed by atoms with E-state index in [4.69, 9.17) is 4.74 Å². The van der Waals surface area contributed by atoms with E-state index in [1.54, 1.807) is 11.8 Å². The Kier molecular flexibility index (Phi) is 7.52. The van der Waals surface area contributed by atoms with Crippen molar-refractivity contribution >= 4 is 6.09 Å². The Hall–Kier alpha value is -0.810. The van der Waals surface area contributed by atoms with Gasteiger partial charge in [0, 0.05) is 26.2 Å². The fourth-order valence-electron chi connectivity index (χ4n) is 1.58. The molecule has 2 N–H and O–H groups in total. The molecule has 5 heteroatoms. The maximum absolute atomic E-state index is 12.1.